The van der Waals surface area contributed by atoms with E-state index in [0.29, 0.717) is 19.8 Å². The Morgan fingerprint density at radius 3 is 2.62 bits per heavy atom. The van der Waals surface area contributed by atoms with Crippen LogP contribution in [0.2, 0.25) is 10.0 Å². The van der Waals surface area contributed by atoms with E-state index in [1.807, 2.05) is 0 Å². The van der Waals surface area contributed by atoms with Gasteiger partial charge in [0, 0.05) is 29.8 Å². The van der Waals surface area contributed by atoms with Crippen molar-refractivity contribution in [3.05, 3.63) is 27.7 Å². The van der Waals surface area contributed by atoms with Crippen molar-refractivity contribution in [1.82, 2.24) is 5.32 Å². The van der Waals surface area contributed by atoms with E-state index in [2.05, 4.69) is 5.32 Å². The second-order valence-electron chi connectivity index (χ2n) is 4.64. The lowest BCUT2D eigenvalue weighted by atomic mass is 10.1. The summed E-state index contributed by atoms with van der Waals surface area (Å²) < 4.78 is 28.0. The summed E-state index contributed by atoms with van der Waals surface area (Å²) in [5.41, 5.74) is 0.0132. The molecule has 2 rings (SSSR count). The van der Waals surface area contributed by atoms with Crippen molar-refractivity contribution in [1.29, 1.82) is 0 Å². The summed E-state index contributed by atoms with van der Waals surface area (Å²) in [6.45, 7) is 1.70. The summed E-state index contributed by atoms with van der Waals surface area (Å²) in [6, 6.07) is 2.26. The van der Waals surface area contributed by atoms with E-state index in [0.717, 1.165) is 12.5 Å². The number of carbonyl (C=O) groups excluding carboxylic acids is 1. The molecule has 9 heteroatoms. The molecule has 116 valence electrons. The van der Waals surface area contributed by atoms with Gasteiger partial charge in [0.25, 0.3) is 15.0 Å². The Labute approximate surface area is 136 Å². The molecular formula is C12H12Cl3NO4S. The number of amides is 1. The van der Waals surface area contributed by atoms with Crippen molar-refractivity contribution in [2.45, 2.75) is 11.3 Å². The van der Waals surface area contributed by atoms with Crippen LogP contribution in [0.1, 0.15) is 16.8 Å². The Bertz CT molecular complexity index is 657. The van der Waals surface area contributed by atoms with Crippen molar-refractivity contribution in [3.8, 4) is 0 Å². The van der Waals surface area contributed by atoms with Crippen LogP contribution in [0.4, 0.5) is 0 Å². The average Bonchev–Trinajstić information content (AvgIpc) is 2.87. The van der Waals surface area contributed by atoms with Gasteiger partial charge >= 0.3 is 0 Å². The predicted molar refractivity (Wildman–Crippen MR) is 80.8 cm³/mol. The minimum absolute atomic E-state index is 0.0132. The number of halogens is 3. The van der Waals surface area contributed by atoms with E-state index in [-0.39, 0.29) is 26.4 Å². The van der Waals surface area contributed by atoms with Crippen molar-refractivity contribution in [3.63, 3.8) is 0 Å². The van der Waals surface area contributed by atoms with E-state index in [4.69, 9.17) is 38.6 Å². The summed E-state index contributed by atoms with van der Waals surface area (Å²) >= 11 is 11.7. The molecule has 1 amide bonds. The molecule has 1 fully saturated rings. The monoisotopic (exact) mass is 371 g/mol. The molecule has 1 aliphatic heterocycles. The second kappa shape index (κ2) is 6.71. The number of rotatable bonds is 4. The largest absolute Gasteiger partial charge is 0.381 e. The molecule has 0 spiro atoms. The summed E-state index contributed by atoms with van der Waals surface area (Å²) in [6.07, 6.45) is 0.871. The molecule has 1 unspecified atom stereocenters. The highest BCUT2D eigenvalue weighted by Gasteiger charge is 2.22. The first-order valence-electron chi connectivity index (χ1n) is 6.08. The van der Waals surface area contributed by atoms with Crippen molar-refractivity contribution >= 4 is 48.8 Å². The zero-order chi connectivity index (χ0) is 15.6. The molecule has 1 heterocycles. The molecule has 1 saturated heterocycles. The van der Waals surface area contributed by atoms with E-state index in [1.165, 1.54) is 6.07 Å². The maximum Gasteiger partial charge on any atom is 0.262 e. The van der Waals surface area contributed by atoms with Crippen LogP contribution in [0, 0.1) is 5.92 Å². The zero-order valence-corrected chi connectivity index (χ0v) is 13.8. The average molecular weight is 373 g/mol. The van der Waals surface area contributed by atoms with Gasteiger partial charge in [-0.15, -0.1) is 0 Å². The maximum absolute atomic E-state index is 12.1. The quantitative estimate of drug-likeness (QED) is 0.825. The third kappa shape index (κ3) is 4.23. The Hall–Kier alpha value is -0.530. The number of hydrogen-bond acceptors (Lipinski definition) is 4. The Morgan fingerprint density at radius 1 is 1.33 bits per heavy atom. The molecule has 0 aromatic heterocycles. The molecule has 0 saturated carbocycles. The van der Waals surface area contributed by atoms with Crippen molar-refractivity contribution in [2.75, 3.05) is 19.8 Å². The Balaban J connectivity index is 2.20. The van der Waals surface area contributed by atoms with Gasteiger partial charge < -0.3 is 10.1 Å². The van der Waals surface area contributed by atoms with Gasteiger partial charge in [-0.25, -0.2) is 8.42 Å². The van der Waals surface area contributed by atoms with Gasteiger partial charge in [0.1, 0.15) is 4.90 Å². The van der Waals surface area contributed by atoms with Crippen LogP contribution in [-0.2, 0) is 13.8 Å². The smallest absolute Gasteiger partial charge is 0.262 e. The lowest BCUT2D eigenvalue weighted by Gasteiger charge is -2.11. The Kier molecular flexibility index (Phi) is 5.38. The molecular weight excluding hydrogens is 361 g/mol. The molecule has 0 bridgehead atoms. The highest BCUT2D eigenvalue weighted by Crippen LogP contribution is 2.30. The number of hydrogen-bond donors (Lipinski definition) is 1. The summed E-state index contributed by atoms with van der Waals surface area (Å²) in [5.74, 6) is -0.235. The molecule has 21 heavy (non-hydrogen) atoms. The van der Waals surface area contributed by atoms with E-state index in [9.17, 15) is 13.2 Å². The van der Waals surface area contributed by atoms with Crippen molar-refractivity contribution in [2.24, 2.45) is 5.92 Å². The summed E-state index contributed by atoms with van der Waals surface area (Å²) in [4.78, 5) is 11.8. The second-order valence-corrected chi connectivity index (χ2v) is 7.99. The first kappa shape index (κ1) is 16.8. The standard InChI is InChI=1S/C12H12Cl3NO4S/c13-9-4-10(14)11(21(15,18)19)3-8(9)12(17)16-5-7-1-2-20-6-7/h3-4,7H,1-2,5-6H2,(H,16,17). The fraction of sp³-hybridized carbons (Fsp3) is 0.417. The van der Waals surface area contributed by atoms with Crippen LogP contribution in [0.15, 0.2) is 17.0 Å². The van der Waals surface area contributed by atoms with Crippen molar-refractivity contribution < 1.29 is 17.9 Å². The maximum atomic E-state index is 12.1. The fourth-order valence-electron chi connectivity index (χ4n) is 1.97. The highest BCUT2D eigenvalue weighted by atomic mass is 35.7. The Morgan fingerprint density at radius 2 is 2.05 bits per heavy atom. The topological polar surface area (TPSA) is 72.5 Å². The van der Waals surface area contributed by atoms with E-state index < -0.39 is 15.0 Å². The fourth-order valence-corrected chi connectivity index (χ4v) is 3.79. The molecule has 0 aliphatic carbocycles. The van der Waals surface area contributed by atoms with Gasteiger partial charge in [-0.1, -0.05) is 23.2 Å². The molecule has 1 N–H and O–H groups in total. The van der Waals surface area contributed by atoms with Crippen LogP contribution < -0.4 is 5.32 Å². The van der Waals surface area contributed by atoms with E-state index >= 15 is 0 Å². The van der Waals surface area contributed by atoms with Gasteiger partial charge in [0.05, 0.1) is 22.2 Å². The lowest BCUT2D eigenvalue weighted by molar-refractivity contribution is 0.0945. The number of benzene rings is 1. The van der Waals surface area contributed by atoms with Crippen LogP contribution in [0.3, 0.4) is 0 Å². The number of ether oxygens (including phenoxy) is 1. The number of nitrogens with one attached hydrogen (secondary N) is 1. The van der Waals surface area contributed by atoms with Crippen LogP contribution in [0.25, 0.3) is 0 Å². The van der Waals surface area contributed by atoms with Gasteiger partial charge in [-0.2, -0.15) is 0 Å². The van der Waals surface area contributed by atoms with Gasteiger partial charge in [-0.05, 0) is 18.6 Å². The number of carbonyl (C=O) groups is 1. The summed E-state index contributed by atoms with van der Waals surface area (Å²) in [7, 11) is 1.21. The zero-order valence-electron chi connectivity index (χ0n) is 10.7. The third-order valence-electron chi connectivity index (χ3n) is 3.10. The summed E-state index contributed by atoms with van der Waals surface area (Å²) in [5, 5.41) is 2.63. The van der Waals surface area contributed by atoms with Gasteiger partial charge in [-0.3, -0.25) is 4.79 Å². The molecule has 1 atom stereocenters. The van der Waals surface area contributed by atoms with Crippen LogP contribution in [-0.4, -0.2) is 34.1 Å². The van der Waals surface area contributed by atoms with Gasteiger partial charge in [0.15, 0.2) is 0 Å². The van der Waals surface area contributed by atoms with E-state index in [1.54, 1.807) is 0 Å². The first-order chi connectivity index (χ1) is 9.79. The minimum Gasteiger partial charge on any atom is -0.381 e. The first-order valence-corrected chi connectivity index (χ1v) is 9.15. The third-order valence-corrected chi connectivity index (χ3v) is 5.20. The SMILES string of the molecule is O=C(NCC1CCOC1)c1cc(S(=O)(=O)Cl)c(Cl)cc1Cl. The van der Waals surface area contributed by atoms with Gasteiger partial charge in [0.2, 0.25) is 0 Å². The molecule has 5 nitrogen and oxygen atoms in total. The molecule has 1 aromatic rings. The normalized spacial score (nSPS) is 18.7. The molecule has 1 aliphatic rings. The molecule has 0 radical (unpaired) electrons. The highest BCUT2D eigenvalue weighted by molar-refractivity contribution is 8.13. The lowest BCUT2D eigenvalue weighted by Crippen LogP contribution is -2.29. The molecule has 1 aromatic carbocycles. The van der Waals surface area contributed by atoms with Crippen LogP contribution >= 0.6 is 33.9 Å². The minimum atomic E-state index is -4.06. The van der Waals surface area contributed by atoms with Crippen LogP contribution in [0.5, 0.6) is 0 Å². The predicted octanol–water partition coefficient (Wildman–Crippen LogP) is 2.69.